The Bertz CT molecular complexity index is 381. The Morgan fingerprint density at radius 3 is 3.06 bits per heavy atom. The number of benzene rings is 1. The normalized spacial score (nSPS) is 21.4. The van der Waals surface area contributed by atoms with Crippen molar-refractivity contribution in [2.45, 2.75) is 12.8 Å². The quantitative estimate of drug-likeness (QED) is 0.792. The molecule has 1 unspecified atom stereocenters. The molecule has 0 bridgehead atoms. The van der Waals surface area contributed by atoms with Crippen LogP contribution in [-0.2, 0) is 0 Å². The lowest BCUT2D eigenvalue weighted by molar-refractivity contribution is 0.217. The first-order valence-electron chi connectivity index (χ1n) is 6.12. The first-order chi connectivity index (χ1) is 8.15. The molecular weight excluding hydrogens is 217 g/mol. The molecule has 1 aliphatic heterocycles. The standard InChI is InChI=1S/C13H20FN3/c1-17-6-2-3-10(9-17)8-16-11-4-5-13(15)12(14)7-11/h4-5,7,10,16H,2-3,6,8-9,15H2,1H3. The summed E-state index contributed by atoms with van der Waals surface area (Å²) < 4.78 is 13.2. The van der Waals surface area contributed by atoms with Crippen LogP contribution in [0.3, 0.4) is 0 Å². The third-order valence-electron chi connectivity index (χ3n) is 3.32. The van der Waals surface area contributed by atoms with E-state index < -0.39 is 0 Å². The van der Waals surface area contributed by atoms with Gasteiger partial charge in [-0.15, -0.1) is 0 Å². The van der Waals surface area contributed by atoms with Gasteiger partial charge in [0.05, 0.1) is 5.69 Å². The monoisotopic (exact) mass is 237 g/mol. The lowest BCUT2D eigenvalue weighted by atomic mass is 9.98. The molecule has 0 saturated carbocycles. The summed E-state index contributed by atoms with van der Waals surface area (Å²) in [6.45, 7) is 3.20. The fraction of sp³-hybridized carbons (Fsp3) is 0.538. The summed E-state index contributed by atoms with van der Waals surface area (Å²) >= 11 is 0. The predicted octanol–water partition coefficient (Wildman–Crippen LogP) is 2.16. The van der Waals surface area contributed by atoms with Gasteiger partial charge in [0.25, 0.3) is 0 Å². The van der Waals surface area contributed by atoms with Gasteiger partial charge in [0.2, 0.25) is 0 Å². The maximum absolute atomic E-state index is 13.2. The van der Waals surface area contributed by atoms with E-state index in [1.54, 1.807) is 6.07 Å². The van der Waals surface area contributed by atoms with Gasteiger partial charge in [-0.3, -0.25) is 0 Å². The molecule has 0 aromatic heterocycles. The topological polar surface area (TPSA) is 41.3 Å². The number of hydrogen-bond donors (Lipinski definition) is 2. The molecule has 1 aromatic rings. The highest BCUT2D eigenvalue weighted by molar-refractivity contribution is 5.52. The molecule has 94 valence electrons. The molecule has 1 saturated heterocycles. The molecule has 1 aromatic carbocycles. The fourth-order valence-corrected chi connectivity index (χ4v) is 2.34. The van der Waals surface area contributed by atoms with Crippen LogP contribution < -0.4 is 11.1 Å². The van der Waals surface area contributed by atoms with E-state index in [0.29, 0.717) is 5.92 Å². The second kappa shape index (κ2) is 5.36. The van der Waals surface area contributed by atoms with Crippen molar-refractivity contribution >= 4 is 11.4 Å². The zero-order chi connectivity index (χ0) is 12.3. The van der Waals surface area contributed by atoms with Crippen LogP contribution in [0.1, 0.15) is 12.8 Å². The van der Waals surface area contributed by atoms with Gasteiger partial charge in [-0.25, -0.2) is 4.39 Å². The lowest BCUT2D eigenvalue weighted by Crippen LogP contribution is -2.35. The highest BCUT2D eigenvalue weighted by Gasteiger charge is 2.16. The van der Waals surface area contributed by atoms with Gasteiger partial charge >= 0.3 is 0 Å². The van der Waals surface area contributed by atoms with Crippen LogP contribution >= 0.6 is 0 Å². The molecule has 2 rings (SSSR count). The predicted molar refractivity (Wildman–Crippen MR) is 69.5 cm³/mol. The van der Waals surface area contributed by atoms with Crippen molar-refractivity contribution in [2.75, 3.05) is 37.7 Å². The summed E-state index contributed by atoms with van der Waals surface area (Å²) in [5.74, 6) is 0.296. The SMILES string of the molecule is CN1CCCC(CNc2ccc(N)c(F)c2)C1. The van der Waals surface area contributed by atoms with E-state index >= 15 is 0 Å². The number of hydrogen-bond acceptors (Lipinski definition) is 3. The summed E-state index contributed by atoms with van der Waals surface area (Å²) in [5, 5.41) is 3.28. The summed E-state index contributed by atoms with van der Waals surface area (Å²) in [6, 6.07) is 4.89. The molecular formula is C13H20FN3. The number of anilines is 2. The molecule has 1 fully saturated rings. The third-order valence-corrected chi connectivity index (χ3v) is 3.32. The average molecular weight is 237 g/mol. The second-order valence-electron chi connectivity index (χ2n) is 4.89. The summed E-state index contributed by atoms with van der Waals surface area (Å²) in [6.07, 6.45) is 2.49. The van der Waals surface area contributed by atoms with E-state index in [0.717, 1.165) is 18.8 Å². The van der Waals surface area contributed by atoms with Crippen molar-refractivity contribution in [3.8, 4) is 0 Å². The van der Waals surface area contributed by atoms with Gasteiger partial charge in [0.1, 0.15) is 5.82 Å². The molecule has 0 spiro atoms. The van der Waals surface area contributed by atoms with E-state index in [1.165, 1.54) is 25.5 Å². The molecule has 4 heteroatoms. The summed E-state index contributed by atoms with van der Waals surface area (Å²) in [5.41, 5.74) is 6.45. The maximum atomic E-state index is 13.2. The van der Waals surface area contributed by atoms with E-state index in [-0.39, 0.29) is 11.5 Å². The molecule has 1 atom stereocenters. The van der Waals surface area contributed by atoms with Gasteiger partial charge < -0.3 is 16.0 Å². The van der Waals surface area contributed by atoms with Crippen LogP contribution in [0.2, 0.25) is 0 Å². The number of nitrogens with one attached hydrogen (secondary N) is 1. The van der Waals surface area contributed by atoms with Crippen LogP contribution in [0.5, 0.6) is 0 Å². The highest BCUT2D eigenvalue weighted by Crippen LogP contribution is 2.19. The molecule has 17 heavy (non-hydrogen) atoms. The Morgan fingerprint density at radius 1 is 1.53 bits per heavy atom. The minimum atomic E-state index is -0.351. The molecule has 1 heterocycles. The van der Waals surface area contributed by atoms with Gasteiger partial charge in [-0.1, -0.05) is 0 Å². The van der Waals surface area contributed by atoms with Gasteiger partial charge in [0.15, 0.2) is 0 Å². The van der Waals surface area contributed by atoms with Gasteiger partial charge in [-0.2, -0.15) is 0 Å². The van der Waals surface area contributed by atoms with E-state index in [2.05, 4.69) is 17.3 Å². The number of halogens is 1. The number of nitrogens with zero attached hydrogens (tertiary/aromatic N) is 1. The number of likely N-dealkylation sites (tertiary alicyclic amines) is 1. The van der Waals surface area contributed by atoms with Crippen molar-refractivity contribution in [1.82, 2.24) is 4.90 Å². The van der Waals surface area contributed by atoms with Crippen molar-refractivity contribution in [2.24, 2.45) is 5.92 Å². The highest BCUT2D eigenvalue weighted by atomic mass is 19.1. The Kier molecular flexibility index (Phi) is 3.84. The Morgan fingerprint density at radius 2 is 2.35 bits per heavy atom. The van der Waals surface area contributed by atoms with E-state index in [4.69, 9.17) is 5.73 Å². The summed E-state index contributed by atoms with van der Waals surface area (Å²) in [7, 11) is 2.15. The smallest absolute Gasteiger partial charge is 0.148 e. The van der Waals surface area contributed by atoms with E-state index in [1.807, 2.05) is 6.07 Å². The third kappa shape index (κ3) is 3.33. The van der Waals surface area contributed by atoms with Gasteiger partial charge in [0, 0.05) is 18.8 Å². The number of nitrogen functional groups attached to an aromatic ring is 1. The van der Waals surface area contributed by atoms with Crippen LogP contribution in [0, 0.1) is 11.7 Å². The molecule has 1 aliphatic rings. The maximum Gasteiger partial charge on any atom is 0.148 e. The largest absolute Gasteiger partial charge is 0.396 e. The van der Waals surface area contributed by atoms with Crippen molar-refractivity contribution in [1.29, 1.82) is 0 Å². The van der Waals surface area contributed by atoms with E-state index in [9.17, 15) is 4.39 Å². The lowest BCUT2D eigenvalue weighted by Gasteiger charge is -2.29. The fourth-order valence-electron chi connectivity index (χ4n) is 2.34. The van der Waals surface area contributed by atoms with Gasteiger partial charge in [-0.05, 0) is 50.6 Å². The molecule has 3 N–H and O–H groups in total. The summed E-state index contributed by atoms with van der Waals surface area (Å²) in [4.78, 5) is 2.35. The molecule has 0 radical (unpaired) electrons. The van der Waals surface area contributed by atoms with Crippen molar-refractivity contribution in [3.63, 3.8) is 0 Å². The molecule has 0 aliphatic carbocycles. The van der Waals surface area contributed by atoms with Crippen molar-refractivity contribution in [3.05, 3.63) is 24.0 Å². The minimum Gasteiger partial charge on any atom is -0.396 e. The second-order valence-corrected chi connectivity index (χ2v) is 4.89. The zero-order valence-electron chi connectivity index (χ0n) is 10.2. The average Bonchev–Trinajstić information content (AvgIpc) is 2.31. The first-order valence-corrected chi connectivity index (χ1v) is 6.12. The Labute approximate surface area is 102 Å². The Hall–Kier alpha value is -1.29. The van der Waals surface area contributed by atoms with Crippen LogP contribution in [0.25, 0.3) is 0 Å². The number of rotatable bonds is 3. The zero-order valence-corrected chi connectivity index (χ0v) is 10.2. The number of nitrogens with two attached hydrogens (primary N) is 1. The van der Waals surface area contributed by atoms with Crippen LogP contribution in [0.4, 0.5) is 15.8 Å². The first kappa shape index (κ1) is 12.2. The number of piperidine rings is 1. The molecule has 3 nitrogen and oxygen atoms in total. The Balaban J connectivity index is 1.86. The van der Waals surface area contributed by atoms with Crippen LogP contribution in [-0.4, -0.2) is 31.6 Å². The molecule has 0 amide bonds. The van der Waals surface area contributed by atoms with Crippen LogP contribution in [0.15, 0.2) is 18.2 Å². The minimum absolute atomic E-state index is 0.202. The van der Waals surface area contributed by atoms with Crippen molar-refractivity contribution < 1.29 is 4.39 Å².